The van der Waals surface area contributed by atoms with E-state index in [1.165, 1.54) is 12.0 Å². The quantitative estimate of drug-likeness (QED) is 0.236. The van der Waals surface area contributed by atoms with Crippen molar-refractivity contribution in [2.24, 2.45) is 0 Å². The van der Waals surface area contributed by atoms with Crippen LogP contribution in [-0.2, 0) is 25.5 Å². The maximum Gasteiger partial charge on any atom is 0.309 e. The lowest BCUT2D eigenvalue weighted by atomic mass is 9.93. The summed E-state index contributed by atoms with van der Waals surface area (Å²) in [6.45, 7) is 3.72. The van der Waals surface area contributed by atoms with Crippen molar-refractivity contribution in [3.8, 4) is 5.75 Å². The highest BCUT2D eigenvalue weighted by Crippen LogP contribution is 2.43. The van der Waals surface area contributed by atoms with Gasteiger partial charge in [-0.25, -0.2) is 0 Å². The summed E-state index contributed by atoms with van der Waals surface area (Å²) in [6, 6.07) is 18.6. The summed E-state index contributed by atoms with van der Waals surface area (Å²) in [7, 11) is 2.87. The molecule has 1 fully saturated rings. The average Bonchev–Trinajstić information content (AvgIpc) is 3.14. The first-order chi connectivity index (χ1) is 17.2. The van der Waals surface area contributed by atoms with Gasteiger partial charge in [-0.2, -0.15) is 0 Å². The largest absolute Gasteiger partial charge is 0.507 e. The van der Waals surface area contributed by atoms with Gasteiger partial charge < -0.3 is 14.6 Å². The molecule has 36 heavy (non-hydrogen) atoms. The first kappa shape index (κ1) is 24.7. The molecule has 0 spiro atoms. The van der Waals surface area contributed by atoms with Crippen LogP contribution in [0.15, 0.2) is 72.3 Å². The number of esters is 1. The number of carbonyl (C=O) groups is 3. The maximum absolute atomic E-state index is 13.4. The van der Waals surface area contributed by atoms with Crippen LogP contribution < -0.4 is 9.64 Å². The SMILES string of the molecule is COC(=O)Cc1ccc(N2C(=O)C(=O)/C(=C(\O)c3ccc(OC)cc3C)C2c2cccc(C)c2)cc1. The fourth-order valence-electron chi connectivity index (χ4n) is 4.44. The van der Waals surface area contributed by atoms with E-state index in [4.69, 9.17) is 9.47 Å². The summed E-state index contributed by atoms with van der Waals surface area (Å²) in [5, 5.41) is 11.4. The molecule has 184 valence electrons. The number of amides is 1. The molecule has 1 heterocycles. The summed E-state index contributed by atoms with van der Waals surface area (Å²) in [4.78, 5) is 39.7. The van der Waals surface area contributed by atoms with Crippen molar-refractivity contribution < 1.29 is 29.0 Å². The van der Waals surface area contributed by atoms with Crippen LogP contribution in [0, 0.1) is 13.8 Å². The van der Waals surface area contributed by atoms with Crippen LogP contribution in [0.4, 0.5) is 5.69 Å². The van der Waals surface area contributed by atoms with Gasteiger partial charge >= 0.3 is 5.97 Å². The summed E-state index contributed by atoms with van der Waals surface area (Å²) >= 11 is 0. The molecule has 1 aliphatic rings. The predicted molar refractivity (Wildman–Crippen MR) is 136 cm³/mol. The molecule has 3 aromatic carbocycles. The molecule has 0 aliphatic carbocycles. The van der Waals surface area contributed by atoms with E-state index in [9.17, 15) is 19.5 Å². The van der Waals surface area contributed by atoms with E-state index < -0.39 is 17.7 Å². The Hall–Kier alpha value is -4.39. The molecule has 1 unspecified atom stereocenters. The molecule has 0 saturated carbocycles. The number of rotatable bonds is 6. The lowest BCUT2D eigenvalue weighted by molar-refractivity contribution is -0.139. The van der Waals surface area contributed by atoms with Gasteiger partial charge in [0.2, 0.25) is 0 Å². The first-order valence-corrected chi connectivity index (χ1v) is 11.4. The van der Waals surface area contributed by atoms with Gasteiger partial charge in [-0.3, -0.25) is 19.3 Å². The summed E-state index contributed by atoms with van der Waals surface area (Å²) in [5.41, 5.74) is 3.99. The van der Waals surface area contributed by atoms with Crippen molar-refractivity contribution in [1.29, 1.82) is 0 Å². The molecule has 1 saturated heterocycles. The Bertz CT molecular complexity index is 1370. The number of anilines is 1. The number of hydrogen-bond donors (Lipinski definition) is 1. The van der Waals surface area contributed by atoms with Crippen LogP contribution in [0.3, 0.4) is 0 Å². The van der Waals surface area contributed by atoms with Crippen LogP contribution in [0.2, 0.25) is 0 Å². The first-order valence-electron chi connectivity index (χ1n) is 11.4. The highest BCUT2D eigenvalue weighted by Gasteiger charge is 2.47. The van der Waals surface area contributed by atoms with Crippen molar-refractivity contribution in [3.63, 3.8) is 0 Å². The lowest BCUT2D eigenvalue weighted by Crippen LogP contribution is -2.29. The molecule has 7 nitrogen and oxygen atoms in total. The highest BCUT2D eigenvalue weighted by atomic mass is 16.5. The number of nitrogens with zero attached hydrogens (tertiary/aromatic N) is 1. The van der Waals surface area contributed by atoms with E-state index in [-0.39, 0.29) is 23.7 Å². The minimum Gasteiger partial charge on any atom is -0.507 e. The predicted octanol–water partition coefficient (Wildman–Crippen LogP) is 4.65. The Kier molecular flexibility index (Phi) is 6.92. The van der Waals surface area contributed by atoms with Crippen molar-refractivity contribution in [1.82, 2.24) is 0 Å². The number of ketones is 1. The molecule has 1 N–H and O–H groups in total. The molecule has 1 amide bonds. The van der Waals surface area contributed by atoms with Gasteiger partial charge in [-0.15, -0.1) is 0 Å². The Morgan fingerprint density at radius 2 is 1.69 bits per heavy atom. The summed E-state index contributed by atoms with van der Waals surface area (Å²) in [6.07, 6.45) is 0.0909. The zero-order valence-electron chi connectivity index (χ0n) is 20.6. The van der Waals surface area contributed by atoms with Crippen molar-refractivity contribution in [3.05, 3.63) is 100 Å². The van der Waals surface area contributed by atoms with Crippen LogP contribution in [0.25, 0.3) is 5.76 Å². The van der Waals surface area contributed by atoms with Crippen LogP contribution in [-0.4, -0.2) is 37.0 Å². The fourth-order valence-corrected chi connectivity index (χ4v) is 4.44. The van der Waals surface area contributed by atoms with Crippen LogP contribution in [0.5, 0.6) is 5.75 Å². The van der Waals surface area contributed by atoms with E-state index in [1.54, 1.807) is 56.5 Å². The van der Waals surface area contributed by atoms with Gasteiger partial charge in [0.05, 0.1) is 32.3 Å². The zero-order valence-corrected chi connectivity index (χ0v) is 20.6. The molecule has 3 aromatic rings. The van der Waals surface area contributed by atoms with E-state index in [0.717, 1.165) is 5.56 Å². The summed E-state index contributed by atoms with van der Waals surface area (Å²) in [5.74, 6) is -1.52. The monoisotopic (exact) mass is 485 g/mol. The van der Waals surface area contributed by atoms with Gasteiger partial charge in [0.15, 0.2) is 0 Å². The molecule has 0 bridgehead atoms. The van der Waals surface area contributed by atoms with E-state index in [2.05, 4.69) is 0 Å². The van der Waals surface area contributed by atoms with Gasteiger partial charge in [-0.05, 0) is 60.9 Å². The number of ether oxygens (including phenoxy) is 2. The molecule has 4 rings (SSSR count). The van der Waals surface area contributed by atoms with Gasteiger partial charge in [0.25, 0.3) is 11.7 Å². The Morgan fingerprint density at radius 3 is 2.31 bits per heavy atom. The average molecular weight is 486 g/mol. The van der Waals surface area contributed by atoms with Gasteiger partial charge in [-0.1, -0.05) is 42.0 Å². The van der Waals surface area contributed by atoms with Crippen molar-refractivity contribution >= 4 is 29.1 Å². The third-order valence-corrected chi connectivity index (χ3v) is 6.28. The number of aryl methyl sites for hydroxylation is 2. The third kappa shape index (κ3) is 4.60. The second-order valence-corrected chi connectivity index (χ2v) is 8.68. The molecular weight excluding hydrogens is 458 g/mol. The molecule has 1 atom stereocenters. The maximum atomic E-state index is 13.4. The van der Waals surface area contributed by atoms with E-state index in [1.807, 2.05) is 31.2 Å². The second kappa shape index (κ2) is 10.1. The molecule has 1 aliphatic heterocycles. The highest BCUT2D eigenvalue weighted by molar-refractivity contribution is 6.51. The fraction of sp³-hybridized carbons (Fsp3) is 0.207. The minimum absolute atomic E-state index is 0.0116. The smallest absolute Gasteiger partial charge is 0.309 e. The minimum atomic E-state index is -0.835. The number of aliphatic hydroxyl groups excluding tert-OH is 1. The number of hydrogen-bond acceptors (Lipinski definition) is 6. The lowest BCUT2D eigenvalue weighted by Gasteiger charge is -2.26. The Labute approximate surface area is 209 Å². The van der Waals surface area contributed by atoms with Crippen molar-refractivity contribution in [2.45, 2.75) is 26.3 Å². The zero-order chi connectivity index (χ0) is 26.0. The van der Waals surface area contributed by atoms with Crippen molar-refractivity contribution in [2.75, 3.05) is 19.1 Å². The topological polar surface area (TPSA) is 93.1 Å². The standard InChI is InChI=1S/C29H27NO6/c1-17-6-5-7-20(14-17)26-25(27(32)23-13-12-22(35-3)15-18(23)2)28(33)29(34)30(26)21-10-8-19(9-11-21)16-24(31)36-4/h5-15,26,32H,16H2,1-4H3/b27-25-. The number of carbonyl (C=O) groups excluding carboxylic acids is 3. The number of aliphatic hydroxyl groups is 1. The third-order valence-electron chi connectivity index (χ3n) is 6.28. The molecule has 0 aromatic heterocycles. The number of methoxy groups -OCH3 is 2. The summed E-state index contributed by atoms with van der Waals surface area (Å²) < 4.78 is 9.97. The normalized spacial score (nSPS) is 16.8. The van der Waals surface area contributed by atoms with E-state index >= 15 is 0 Å². The number of benzene rings is 3. The molecule has 0 radical (unpaired) electrons. The van der Waals surface area contributed by atoms with Gasteiger partial charge in [0, 0.05) is 11.3 Å². The number of Topliss-reactive ketones (excluding diaryl/α,β-unsaturated/α-hetero) is 1. The Morgan fingerprint density at radius 1 is 0.972 bits per heavy atom. The van der Waals surface area contributed by atoms with Gasteiger partial charge in [0.1, 0.15) is 11.5 Å². The Balaban J connectivity index is 1.87. The van der Waals surface area contributed by atoms with Crippen LogP contribution in [0.1, 0.15) is 33.9 Å². The molecular formula is C29H27NO6. The second-order valence-electron chi connectivity index (χ2n) is 8.68. The molecule has 7 heteroatoms. The van der Waals surface area contributed by atoms with E-state index in [0.29, 0.717) is 33.7 Å². The van der Waals surface area contributed by atoms with Crippen LogP contribution >= 0.6 is 0 Å².